The fraction of sp³-hybridized carbons (Fsp3) is 0.190. The second kappa shape index (κ2) is 7.43. The average molecular weight is 452 g/mol. The van der Waals surface area contributed by atoms with Crippen molar-refractivity contribution in [3.05, 3.63) is 77.5 Å². The Kier molecular flexibility index (Phi) is 4.38. The molecule has 5 aromatic rings. The highest BCUT2D eigenvalue weighted by Crippen LogP contribution is 2.37. The van der Waals surface area contributed by atoms with Crippen LogP contribution in [0, 0.1) is 5.82 Å². The van der Waals surface area contributed by atoms with Crippen LogP contribution in [0.3, 0.4) is 0 Å². The van der Waals surface area contributed by atoms with E-state index in [0.29, 0.717) is 29.9 Å². The third-order valence-electron chi connectivity index (χ3n) is 5.61. The summed E-state index contributed by atoms with van der Waals surface area (Å²) in [5.41, 5.74) is 2.18. The fourth-order valence-corrected chi connectivity index (χ4v) is 4.13. The number of aromatic amines is 1. The molecule has 0 amide bonds. The maximum Gasteiger partial charge on any atom is 0.319 e. The molecule has 1 aliphatic rings. The van der Waals surface area contributed by atoms with E-state index in [9.17, 15) is 13.2 Å². The van der Waals surface area contributed by atoms with Gasteiger partial charge in [-0.1, -0.05) is 5.10 Å². The highest BCUT2D eigenvalue weighted by Gasteiger charge is 2.36. The topological polar surface area (TPSA) is 101 Å². The fourth-order valence-electron chi connectivity index (χ4n) is 4.13. The summed E-state index contributed by atoms with van der Waals surface area (Å²) in [4.78, 5) is 13.3. The van der Waals surface area contributed by atoms with E-state index in [1.165, 1.54) is 35.0 Å². The van der Waals surface area contributed by atoms with Crippen molar-refractivity contribution in [2.45, 2.75) is 18.9 Å². The maximum atomic E-state index is 14.2. The maximum absolute atomic E-state index is 14.2. The molecule has 0 aliphatic carbocycles. The number of rotatable bonds is 4. The molecule has 9 nitrogen and oxygen atoms in total. The van der Waals surface area contributed by atoms with Crippen LogP contribution in [0.2, 0.25) is 0 Å². The van der Waals surface area contributed by atoms with Gasteiger partial charge in [0.05, 0.1) is 23.2 Å². The molecule has 6 rings (SSSR count). The van der Waals surface area contributed by atoms with Crippen LogP contribution in [0.15, 0.2) is 53.5 Å². The van der Waals surface area contributed by atoms with Crippen molar-refractivity contribution >= 4 is 11.5 Å². The number of nitrogens with zero attached hydrogens (tertiary/aromatic N) is 7. The number of hydrogen-bond donors (Lipinski definition) is 1. The molecule has 0 spiro atoms. The van der Waals surface area contributed by atoms with Gasteiger partial charge < -0.3 is 14.3 Å². The molecule has 1 N–H and O–H groups in total. The first-order valence-electron chi connectivity index (χ1n) is 10.1. The van der Waals surface area contributed by atoms with Crippen molar-refractivity contribution in [3.63, 3.8) is 0 Å². The lowest BCUT2D eigenvalue weighted by Crippen LogP contribution is -2.36. The summed E-state index contributed by atoms with van der Waals surface area (Å²) in [6.07, 6.45) is 2.58. The lowest BCUT2D eigenvalue weighted by atomic mass is 10.00. The van der Waals surface area contributed by atoms with E-state index in [2.05, 4.69) is 30.2 Å². The lowest BCUT2D eigenvalue weighted by molar-refractivity contribution is 0.152. The molecule has 33 heavy (non-hydrogen) atoms. The van der Waals surface area contributed by atoms with Crippen molar-refractivity contribution in [1.82, 2.24) is 34.8 Å². The molecule has 5 aromatic heterocycles. The van der Waals surface area contributed by atoms with Crippen molar-refractivity contribution in [2.24, 2.45) is 0 Å². The van der Waals surface area contributed by atoms with Crippen LogP contribution in [-0.4, -0.2) is 41.3 Å². The predicted octanol–water partition coefficient (Wildman–Crippen LogP) is 3.73. The molecule has 1 unspecified atom stereocenters. The van der Waals surface area contributed by atoms with Gasteiger partial charge in [-0.3, -0.25) is 0 Å². The SMILES string of the molecule is Fc1cccnc1-c1nnc(N2CCc3[nH]cnc3C2c2cc3c(C(F)F)cccn3n2)o1. The second-order valence-corrected chi connectivity index (χ2v) is 7.50. The van der Waals surface area contributed by atoms with E-state index >= 15 is 0 Å². The quantitative estimate of drug-likeness (QED) is 0.443. The summed E-state index contributed by atoms with van der Waals surface area (Å²) in [5, 5.41) is 12.6. The molecule has 166 valence electrons. The zero-order valence-electron chi connectivity index (χ0n) is 16.9. The minimum absolute atomic E-state index is 0.0560. The number of aromatic nitrogens is 7. The number of hydrogen-bond acceptors (Lipinski definition) is 7. The minimum atomic E-state index is -2.64. The minimum Gasteiger partial charge on any atom is -0.401 e. The van der Waals surface area contributed by atoms with E-state index in [1.54, 1.807) is 23.5 Å². The first-order valence-corrected chi connectivity index (χ1v) is 10.1. The number of halogens is 3. The Balaban J connectivity index is 1.46. The monoisotopic (exact) mass is 452 g/mol. The van der Waals surface area contributed by atoms with Crippen LogP contribution in [0.25, 0.3) is 17.1 Å². The van der Waals surface area contributed by atoms with Crippen LogP contribution in [0.1, 0.15) is 35.1 Å². The number of imidazole rings is 1. The van der Waals surface area contributed by atoms with Gasteiger partial charge in [-0.15, -0.1) is 5.10 Å². The third kappa shape index (κ3) is 3.13. The molecule has 0 saturated carbocycles. The average Bonchev–Trinajstić information content (AvgIpc) is 3.56. The number of nitrogens with one attached hydrogen (secondary N) is 1. The largest absolute Gasteiger partial charge is 0.401 e. The highest BCUT2D eigenvalue weighted by atomic mass is 19.3. The lowest BCUT2D eigenvalue weighted by Gasteiger charge is -2.32. The molecule has 1 atom stereocenters. The van der Waals surface area contributed by atoms with Gasteiger partial charge in [0.15, 0.2) is 11.5 Å². The molecule has 12 heteroatoms. The first-order chi connectivity index (χ1) is 16.1. The van der Waals surface area contributed by atoms with Crippen LogP contribution < -0.4 is 4.90 Å². The standard InChI is InChI=1S/C21H15F3N8O/c22-12-4-1-6-25-16(12)20-28-29-21(33-20)31-8-5-13-17(27-10-26-13)18(31)14-9-15-11(19(23)24)3-2-7-32(15)30-14/h1-4,6-7,9-10,18-19H,5,8H2,(H,26,27). The van der Waals surface area contributed by atoms with Crippen LogP contribution in [-0.2, 0) is 6.42 Å². The number of fused-ring (bicyclic) bond motifs is 2. The molecule has 0 saturated heterocycles. The summed E-state index contributed by atoms with van der Waals surface area (Å²) in [6, 6.07) is 6.77. The third-order valence-corrected chi connectivity index (χ3v) is 5.61. The molecule has 1 aliphatic heterocycles. The summed E-state index contributed by atoms with van der Waals surface area (Å²) < 4.78 is 48.4. The molecule has 0 aromatic carbocycles. The van der Waals surface area contributed by atoms with Crippen molar-refractivity contribution in [1.29, 1.82) is 0 Å². The zero-order chi connectivity index (χ0) is 22.5. The van der Waals surface area contributed by atoms with Gasteiger partial charge in [-0.25, -0.2) is 27.7 Å². The summed E-state index contributed by atoms with van der Waals surface area (Å²) in [5.74, 6) is -0.651. The van der Waals surface area contributed by atoms with E-state index in [-0.39, 0.29) is 23.2 Å². The van der Waals surface area contributed by atoms with Crippen molar-refractivity contribution in [2.75, 3.05) is 11.4 Å². The Labute approximate surface area is 183 Å². The number of pyridine rings is 2. The van der Waals surface area contributed by atoms with Crippen LogP contribution in [0.4, 0.5) is 19.2 Å². The number of H-pyrrole nitrogens is 1. The smallest absolute Gasteiger partial charge is 0.319 e. The Morgan fingerprint density at radius 3 is 2.91 bits per heavy atom. The van der Waals surface area contributed by atoms with E-state index in [0.717, 1.165) is 5.69 Å². The second-order valence-electron chi connectivity index (χ2n) is 7.50. The van der Waals surface area contributed by atoms with E-state index < -0.39 is 18.3 Å². The molecular formula is C21H15F3N8O. The Hall–Kier alpha value is -4.22. The van der Waals surface area contributed by atoms with Gasteiger partial charge in [0.2, 0.25) is 0 Å². The molecule has 0 radical (unpaired) electrons. The Morgan fingerprint density at radius 2 is 2.06 bits per heavy atom. The summed E-state index contributed by atoms with van der Waals surface area (Å²) in [6.45, 7) is 0.460. The molecule has 6 heterocycles. The number of anilines is 1. The van der Waals surface area contributed by atoms with Crippen molar-refractivity contribution < 1.29 is 17.6 Å². The Bertz CT molecular complexity index is 1460. The van der Waals surface area contributed by atoms with E-state index in [1.807, 2.05) is 0 Å². The molecule has 0 bridgehead atoms. The normalized spacial score (nSPS) is 16.0. The van der Waals surface area contributed by atoms with Gasteiger partial charge in [0.1, 0.15) is 6.04 Å². The predicted molar refractivity (Wildman–Crippen MR) is 109 cm³/mol. The summed E-state index contributed by atoms with van der Waals surface area (Å²) >= 11 is 0. The van der Waals surface area contributed by atoms with Crippen LogP contribution >= 0.6 is 0 Å². The summed E-state index contributed by atoms with van der Waals surface area (Å²) in [7, 11) is 0. The molecule has 0 fully saturated rings. The van der Waals surface area contributed by atoms with Gasteiger partial charge in [0, 0.05) is 36.6 Å². The Morgan fingerprint density at radius 1 is 1.15 bits per heavy atom. The molecular weight excluding hydrogens is 437 g/mol. The van der Waals surface area contributed by atoms with Gasteiger partial charge in [-0.05, 0) is 30.3 Å². The first kappa shape index (κ1) is 19.5. The van der Waals surface area contributed by atoms with Gasteiger partial charge >= 0.3 is 6.01 Å². The van der Waals surface area contributed by atoms with E-state index in [4.69, 9.17) is 4.42 Å². The van der Waals surface area contributed by atoms with Gasteiger partial charge in [-0.2, -0.15) is 5.10 Å². The van der Waals surface area contributed by atoms with Crippen molar-refractivity contribution in [3.8, 4) is 11.6 Å². The van der Waals surface area contributed by atoms with Gasteiger partial charge in [0.25, 0.3) is 12.3 Å². The highest BCUT2D eigenvalue weighted by molar-refractivity contribution is 5.58. The zero-order valence-corrected chi connectivity index (χ0v) is 16.9. The van der Waals surface area contributed by atoms with Crippen LogP contribution in [0.5, 0.6) is 0 Å². The number of alkyl halides is 2.